The number of aliphatic hydroxyl groups is 1. The molecule has 3 aromatic rings. The van der Waals surface area contributed by atoms with Gasteiger partial charge in [-0.3, -0.25) is 14.8 Å². The standard InChI is InChI=1S/C23H26N4O5S/c28-23(14-25-33(29,30)22-3-1-2-18-13-24-7-6-19(18)22)27-10-8-26(9-11-27)15-17-4-5-20-21(12-17)32-16-31-20/h1-7,12-13,23,25,28H,8-11,14-16H2. The predicted octanol–water partition coefficient (Wildman–Crippen LogP) is 1.38. The van der Waals surface area contributed by atoms with Gasteiger partial charge in [-0.05, 0) is 29.8 Å². The van der Waals surface area contributed by atoms with Gasteiger partial charge in [0.1, 0.15) is 6.23 Å². The van der Waals surface area contributed by atoms with Gasteiger partial charge in [-0.1, -0.05) is 18.2 Å². The van der Waals surface area contributed by atoms with E-state index in [1.54, 1.807) is 30.6 Å². The van der Waals surface area contributed by atoms with Crippen LogP contribution >= 0.6 is 0 Å². The van der Waals surface area contributed by atoms with Gasteiger partial charge in [0.05, 0.1) is 11.4 Å². The van der Waals surface area contributed by atoms with Crippen LogP contribution < -0.4 is 14.2 Å². The summed E-state index contributed by atoms with van der Waals surface area (Å²) in [6, 6.07) is 12.7. The lowest BCUT2D eigenvalue weighted by Gasteiger charge is -2.37. The number of ether oxygens (including phenoxy) is 2. The fourth-order valence-corrected chi connectivity index (χ4v) is 5.49. The highest BCUT2D eigenvalue weighted by Crippen LogP contribution is 2.33. The average Bonchev–Trinajstić information content (AvgIpc) is 3.31. The summed E-state index contributed by atoms with van der Waals surface area (Å²) in [7, 11) is -3.77. The fraction of sp³-hybridized carbons (Fsp3) is 0.348. The van der Waals surface area contributed by atoms with Crippen molar-refractivity contribution in [2.75, 3.05) is 39.5 Å². The van der Waals surface area contributed by atoms with Crippen molar-refractivity contribution in [2.45, 2.75) is 17.7 Å². The van der Waals surface area contributed by atoms with Crippen molar-refractivity contribution in [3.05, 3.63) is 60.4 Å². The Balaban J connectivity index is 1.15. The molecule has 174 valence electrons. The predicted molar refractivity (Wildman–Crippen MR) is 122 cm³/mol. The summed E-state index contributed by atoms with van der Waals surface area (Å²) >= 11 is 0. The topological polar surface area (TPSA) is 104 Å². The number of piperazine rings is 1. The number of aromatic nitrogens is 1. The molecule has 2 aliphatic heterocycles. The largest absolute Gasteiger partial charge is 0.454 e. The monoisotopic (exact) mass is 470 g/mol. The van der Waals surface area contributed by atoms with Crippen LogP contribution in [0.2, 0.25) is 0 Å². The first-order valence-electron chi connectivity index (χ1n) is 10.8. The van der Waals surface area contributed by atoms with Crippen LogP contribution in [0.3, 0.4) is 0 Å². The van der Waals surface area contributed by atoms with Crippen LogP contribution in [0.25, 0.3) is 10.8 Å². The summed E-state index contributed by atoms with van der Waals surface area (Å²) in [6.45, 7) is 3.80. The molecule has 2 N–H and O–H groups in total. The number of fused-ring (bicyclic) bond motifs is 2. The minimum absolute atomic E-state index is 0.0774. The van der Waals surface area contributed by atoms with Crippen molar-refractivity contribution in [3.63, 3.8) is 0 Å². The van der Waals surface area contributed by atoms with Crippen LogP contribution in [0.5, 0.6) is 11.5 Å². The molecule has 9 nitrogen and oxygen atoms in total. The first-order valence-corrected chi connectivity index (χ1v) is 12.3. The molecular formula is C23H26N4O5S. The van der Waals surface area contributed by atoms with E-state index >= 15 is 0 Å². The number of nitrogens with one attached hydrogen (secondary N) is 1. The second kappa shape index (κ2) is 9.24. The first kappa shape index (κ1) is 22.1. The van der Waals surface area contributed by atoms with Crippen molar-refractivity contribution >= 4 is 20.8 Å². The molecule has 0 radical (unpaired) electrons. The summed E-state index contributed by atoms with van der Waals surface area (Å²) < 4.78 is 39.1. The van der Waals surface area contributed by atoms with E-state index < -0.39 is 16.3 Å². The maximum Gasteiger partial charge on any atom is 0.241 e. The van der Waals surface area contributed by atoms with Crippen LogP contribution in [-0.2, 0) is 16.6 Å². The number of hydrogen-bond donors (Lipinski definition) is 2. The van der Waals surface area contributed by atoms with Crippen LogP contribution in [0.4, 0.5) is 0 Å². The zero-order valence-electron chi connectivity index (χ0n) is 18.1. The molecule has 2 aromatic carbocycles. The molecule has 1 saturated heterocycles. The summed E-state index contributed by atoms with van der Waals surface area (Å²) in [4.78, 5) is 8.42. The lowest BCUT2D eigenvalue weighted by atomic mass is 10.1. The number of rotatable bonds is 7. The highest BCUT2D eigenvalue weighted by molar-refractivity contribution is 7.89. The van der Waals surface area contributed by atoms with Crippen molar-refractivity contribution in [1.29, 1.82) is 0 Å². The van der Waals surface area contributed by atoms with Crippen LogP contribution in [-0.4, -0.2) is 74.1 Å². The molecule has 10 heteroatoms. The molecule has 5 rings (SSSR count). The molecule has 2 aliphatic rings. The zero-order valence-corrected chi connectivity index (χ0v) is 18.9. The highest BCUT2D eigenvalue weighted by Gasteiger charge is 2.25. The molecule has 1 fully saturated rings. The molecule has 1 atom stereocenters. The first-order chi connectivity index (χ1) is 16.0. The van der Waals surface area contributed by atoms with E-state index in [4.69, 9.17) is 9.47 Å². The molecule has 0 spiro atoms. The normalized spacial score (nSPS) is 18.0. The van der Waals surface area contributed by atoms with Crippen LogP contribution in [0, 0.1) is 0 Å². The number of hydrogen-bond acceptors (Lipinski definition) is 8. The molecular weight excluding hydrogens is 444 g/mol. The zero-order chi connectivity index (χ0) is 22.8. The Morgan fingerprint density at radius 2 is 1.88 bits per heavy atom. The lowest BCUT2D eigenvalue weighted by molar-refractivity contribution is -0.0222. The molecule has 33 heavy (non-hydrogen) atoms. The van der Waals surface area contributed by atoms with Gasteiger partial charge in [0.25, 0.3) is 0 Å². The highest BCUT2D eigenvalue weighted by atomic mass is 32.2. The van der Waals surface area contributed by atoms with E-state index in [0.29, 0.717) is 18.5 Å². The maximum absolute atomic E-state index is 12.9. The number of pyridine rings is 1. The van der Waals surface area contributed by atoms with Gasteiger partial charge in [0.15, 0.2) is 11.5 Å². The van der Waals surface area contributed by atoms with E-state index in [9.17, 15) is 13.5 Å². The summed E-state index contributed by atoms with van der Waals surface area (Å²) in [5.74, 6) is 1.55. The third kappa shape index (κ3) is 4.80. The van der Waals surface area contributed by atoms with Gasteiger partial charge < -0.3 is 14.6 Å². The van der Waals surface area contributed by atoms with E-state index in [0.717, 1.165) is 42.1 Å². The number of sulfonamides is 1. The molecule has 0 saturated carbocycles. The Morgan fingerprint density at radius 3 is 2.73 bits per heavy atom. The number of aliphatic hydroxyl groups excluding tert-OH is 1. The van der Waals surface area contributed by atoms with E-state index in [2.05, 4.69) is 14.6 Å². The third-order valence-electron chi connectivity index (χ3n) is 6.06. The molecule has 1 unspecified atom stereocenters. The smallest absolute Gasteiger partial charge is 0.241 e. The molecule has 0 amide bonds. The van der Waals surface area contributed by atoms with Crippen LogP contribution in [0.1, 0.15) is 5.56 Å². The Hall–Kier alpha value is -2.76. The maximum atomic E-state index is 12.9. The fourth-order valence-electron chi connectivity index (χ4n) is 4.24. The molecule has 0 bridgehead atoms. The average molecular weight is 471 g/mol. The minimum Gasteiger partial charge on any atom is -0.454 e. The minimum atomic E-state index is -3.77. The van der Waals surface area contributed by atoms with E-state index in [-0.39, 0.29) is 18.2 Å². The van der Waals surface area contributed by atoms with Gasteiger partial charge in [-0.25, -0.2) is 13.1 Å². The van der Waals surface area contributed by atoms with Gasteiger partial charge in [0.2, 0.25) is 16.8 Å². The van der Waals surface area contributed by atoms with Crippen molar-refractivity contribution < 1.29 is 23.0 Å². The quantitative estimate of drug-likeness (QED) is 0.534. The lowest BCUT2D eigenvalue weighted by Crippen LogP contribution is -2.53. The summed E-state index contributed by atoms with van der Waals surface area (Å²) in [6.07, 6.45) is 2.30. The second-order valence-electron chi connectivity index (χ2n) is 8.19. The number of benzene rings is 2. The van der Waals surface area contributed by atoms with Gasteiger partial charge in [-0.15, -0.1) is 0 Å². The van der Waals surface area contributed by atoms with Gasteiger partial charge >= 0.3 is 0 Å². The van der Waals surface area contributed by atoms with E-state index in [1.807, 2.05) is 29.2 Å². The van der Waals surface area contributed by atoms with Crippen molar-refractivity contribution in [2.24, 2.45) is 0 Å². The van der Waals surface area contributed by atoms with Gasteiger partial charge in [0, 0.05) is 55.9 Å². The number of nitrogens with zero attached hydrogens (tertiary/aromatic N) is 3. The Labute approximate surface area is 192 Å². The SMILES string of the molecule is O=S(=O)(NCC(O)N1CCN(Cc2ccc3c(c2)OCO3)CC1)c1cccc2cnccc12. The molecule has 1 aromatic heterocycles. The summed E-state index contributed by atoms with van der Waals surface area (Å²) in [5.41, 5.74) is 1.14. The van der Waals surface area contributed by atoms with Crippen molar-refractivity contribution in [3.8, 4) is 11.5 Å². The Morgan fingerprint density at radius 1 is 1.06 bits per heavy atom. The summed E-state index contributed by atoms with van der Waals surface area (Å²) in [5, 5.41) is 12.0. The third-order valence-corrected chi connectivity index (χ3v) is 7.54. The Kier molecular flexibility index (Phi) is 6.17. The van der Waals surface area contributed by atoms with Crippen LogP contribution in [0.15, 0.2) is 59.8 Å². The molecule has 3 heterocycles. The van der Waals surface area contributed by atoms with Gasteiger partial charge in [-0.2, -0.15) is 0 Å². The second-order valence-corrected chi connectivity index (χ2v) is 9.92. The van der Waals surface area contributed by atoms with E-state index in [1.165, 1.54) is 0 Å². The Bertz CT molecular complexity index is 1240. The van der Waals surface area contributed by atoms with Crippen molar-refractivity contribution in [1.82, 2.24) is 19.5 Å². The molecule has 0 aliphatic carbocycles.